The smallest absolute Gasteiger partial charge is 0.348 e. The van der Waals surface area contributed by atoms with Crippen LogP contribution in [0.4, 0.5) is 22.7 Å². The van der Waals surface area contributed by atoms with Gasteiger partial charge in [-0.2, -0.15) is 0 Å². The second-order valence-electron chi connectivity index (χ2n) is 5.91. The molecule has 1 aliphatic heterocycles. The molecular formula is C17H17N5O5. The highest BCUT2D eigenvalue weighted by Crippen LogP contribution is 2.31. The second kappa shape index (κ2) is 7.79. The van der Waals surface area contributed by atoms with E-state index in [4.69, 9.17) is 0 Å². The summed E-state index contributed by atoms with van der Waals surface area (Å²) >= 11 is 0. The Labute approximate surface area is 154 Å². The summed E-state index contributed by atoms with van der Waals surface area (Å²) in [7, 11) is 0. The number of rotatable bonds is 6. The van der Waals surface area contributed by atoms with Crippen LogP contribution in [-0.2, 0) is 4.79 Å². The van der Waals surface area contributed by atoms with Gasteiger partial charge in [-0.05, 0) is 18.2 Å². The normalized spacial score (nSPS) is 14.6. The van der Waals surface area contributed by atoms with Crippen molar-refractivity contribution in [2.24, 2.45) is 0 Å². The van der Waals surface area contributed by atoms with Crippen molar-refractivity contribution in [3.05, 3.63) is 68.8 Å². The molecule has 3 rings (SSSR count). The molecule has 0 spiro atoms. The molecule has 1 aliphatic rings. The summed E-state index contributed by atoms with van der Waals surface area (Å²) in [5.41, 5.74) is 0.244. The fourth-order valence-corrected chi connectivity index (χ4v) is 3.05. The van der Waals surface area contributed by atoms with Gasteiger partial charge in [0.25, 0.3) is 0 Å². The number of hydrogen-bond acceptors (Lipinski definition) is 7. The Kier molecular flexibility index (Phi) is 5.27. The molecular weight excluding hydrogens is 354 g/mol. The quantitative estimate of drug-likeness (QED) is 0.434. The molecule has 2 aromatic rings. The topological polar surface area (TPSA) is 113 Å². The Balaban J connectivity index is 1.74. The van der Waals surface area contributed by atoms with Crippen molar-refractivity contribution in [3.63, 3.8) is 0 Å². The van der Waals surface area contributed by atoms with Gasteiger partial charge >= 0.3 is 11.4 Å². The molecule has 1 fully saturated rings. The van der Waals surface area contributed by atoms with Crippen molar-refractivity contribution in [1.82, 2.24) is 5.01 Å². The van der Waals surface area contributed by atoms with Crippen molar-refractivity contribution in [3.8, 4) is 0 Å². The lowest BCUT2D eigenvalue weighted by atomic mass is 10.2. The summed E-state index contributed by atoms with van der Waals surface area (Å²) < 4.78 is 0. The van der Waals surface area contributed by atoms with E-state index in [-0.39, 0.29) is 0 Å². The zero-order valence-corrected chi connectivity index (χ0v) is 14.3. The average molecular weight is 371 g/mol. The molecule has 0 bridgehead atoms. The number of nitro groups is 2. The fourth-order valence-electron chi connectivity index (χ4n) is 3.05. The summed E-state index contributed by atoms with van der Waals surface area (Å²) in [5, 5.41) is 25.5. The van der Waals surface area contributed by atoms with Crippen molar-refractivity contribution < 1.29 is 14.6 Å². The first-order valence-electron chi connectivity index (χ1n) is 8.23. The Morgan fingerprint density at radius 1 is 0.889 bits per heavy atom. The van der Waals surface area contributed by atoms with Gasteiger partial charge in [-0.15, -0.1) is 0 Å². The van der Waals surface area contributed by atoms with Gasteiger partial charge in [0.15, 0.2) is 0 Å². The van der Waals surface area contributed by atoms with E-state index < -0.39 is 21.2 Å². The first-order valence-corrected chi connectivity index (χ1v) is 8.23. The molecule has 0 N–H and O–H groups in total. The Bertz CT molecular complexity index is 852. The molecule has 10 heteroatoms. The molecule has 0 radical (unpaired) electrons. The number of benzene rings is 2. The number of nitrogens with zero attached hydrogens (tertiary/aromatic N) is 5. The predicted octanol–water partition coefficient (Wildman–Crippen LogP) is 2.20. The number of amides is 1. The molecule has 1 saturated heterocycles. The van der Waals surface area contributed by atoms with Crippen LogP contribution in [0.25, 0.3) is 0 Å². The molecule has 0 atom stereocenters. The van der Waals surface area contributed by atoms with Crippen LogP contribution < -0.4 is 9.91 Å². The molecule has 1 amide bonds. The second-order valence-corrected chi connectivity index (χ2v) is 5.91. The number of carbonyl (C=O) groups excluding carboxylic acids is 1. The van der Waals surface area contributed by atoms with Gasteiger partial charge < -0.3 is 4.90 Å². The lowest BCUT2D eigenvalue weighted by Gasteiger charge is -2.40. The maximum Gasteiger partial charge on any atom is 0.348 e. The Hall–Kier alpha value is -3.53. The largest absolute Gasteiger partial charge is 0.369 e. The molecule has 0 unspecified atom stereocenters. The summed E-state index contributed by atoms with van der Waals surface area (Å²) in [6, 6.07) is 13.1. The van der Waals surface area contributed by atoms with E-state index in [1.165, 1.54) is 17.1 Å². The van der Waals surface area contributed by atoms with Gasteiger partial charge in [-0.1, -0.05) is 18.2 Å². The molecule has 0 aliphatic carbocycles. The minimum atomic E-state index is -0.762. The van der Waals surface area contributed by atoms with E-state index in [1.807, 2.05) is 40.2 Å². The lowest BCUT2D eigenvalue weighted by molar-refractivity contribution is -0.422. The van der Waals surface area contributed by atoms with Crippen LogP contribution in [0.15, 0.2) is 48.5 Å². The predicted molar refractivity (Wildman–Crippen MR) is 98.5 cm³/mol. The van der Waals surface area contributed by atoms with Gasteiger partial charge in [-0.3, -0.25) is 25.0 Å². The van der Waals surface area contributed by atoms with Gasteiger partial charge in [0.05, 0.1) is 15.5 Å². The van der Waals surface area contributed by atoms with Gasteiger partial charge in [-0.25, -0.2) is 10.0 Å². The lowest BCUT2D eigenvalue weighted by Crippen LogP contribution is -2.53. The third kappa shape index (κ3) is 3.85. The number of hydrogen-bond donors (Lipinski definition) is 0. The van der Waals surface area contributed by atoms with E-state index in [2.05, 4.69) is 0 Å². The highest BCUT2D eigenvalue weighted by Gasteiger charge is 2.27. The fraction of sp³-hybridized carbons (Fsp3) is 0.235. The number of anilines is 2. The first-order chi connectivity index (χ1) is 13.0. The van der Waals surface area contributed by atoms with Crippen molar-refractivity contribution >= 4 is 29.2 Å². The zero-order valence-electron chi connectivity index (χ0n) is 14.3. The van der Waals surface area contributed by atoms with Crippen molar-refractivity contribution in [1.29, 1.82) is 0 Å². The van der Waals surface area contributed by atoms with Crippen LogP contribution in [0.3, 0.4) is 0 Å². The van der Waals surface area contributed by atoms with Gasteiger partial charge in [0.1, 0.15) is 0 Å². The number of para-hydroxylation sites is 1. The third-order valence-electron chi connectivity index (χ3n) is 4.40. The van der Waals surface area contributed by atoms with Crippen LogP contribution in [0.2, 0.25) is 0 Å². The van der Waals surface area contributed by atoms with E-state index in [0.717, 1.165) is 18.2 Å². The minimum Gasteiger partial charge on any atom is -0.369 e. The standard InChI is InChI=1S/C17H17N5O5/c23-13-20(14-4-2-1-3-5-14)19-10-8-18(9-11-19)15-6-7-16(21(24)25)17(12-15)22(26)27/h1-7,12-13H,8-11H2. The monoisotopic (exact) mass is 371 g/mol. The highest BCUT2D eigenvalue weighted by atomic mass is 16.6. The number of carbonyl (C=O) groups is 1. The first kappa shape index (κ1) is 18.3. The summed E-state index contributed by atoms with van der Waals surface area (Å²) in [4.78, 5) is 34.0. The van der Waals surface area contributed by atoms with Crippen LogP contribution in [0.5, 0.6) is 0 Å². The molecule has 1 heterocycles. The van der Waals surface area contributed by atoms with E-state index in [1.54, 1.807) is 0 Å². The van der Waals surface area contributed by atoms with Crippen molar-refractivity contribution in [2.75, 3.05) is 36.1 Å². The van der Waals surface area contributed by atoms with Crippen LogP contribution in [0.1, 0.15) is 0 Å². The third-order valence-corrected chi connectivity index (χ3v) is 4.40. The van der Waals surface area contributed by atoms with E-state index >= 15 is 0 Å². The molecule has 0 aromatic heterocycles. The van der Waals surface area contributed by atoms with E-state index in [0.29, 0.717) is 31.9 Å². The minimum absolute atomic E-state index is 0.520. The molecule has 140 valence electrons. The SMILES string of the molecule is O=CN(c1ccccc1)N1CCN(c2ccc([N+](=O)[O-])c([N+](=O)[O-])c2)CC1. The Morgan fingerprint density at radius 3 is 2.07 bits per heavy atom. The number of hydrazine groups is 1. The molecule has 27 heavy (non-hydrogen) atoms. The molecule has 2 aromatic carbocycles. The molecule has 0 saturated carbocycles. The summed E-state index contributed by atoms with van der Waals surface area (Å²) in [5.74, 6) is 0. The average Bonchev–Trinajstić information content (AvgIpc) is 2.69. The van der Waals surface area contributed by atoms with Crippen molar-refractivity contribution in [2.45, 2.75) is 0 Å². The Morgan fingerprint density at radius 2 is 1.52 bits per heavy atom. The zero-order chi connectivity index (χ0) is 19.4. The summed E-state index contributed by atoms with van der Waals surface area (Å²) in [6.07, 6.45) is 0.752. The van der Waals surface area contributed by atoms with Gasteiger partial charge in [0.2, 0.25) is 6.41 Å². The highest BCUT2D eigenvalue weighted by molar-refractivity contribution is 5.73. The molecule has 10 nitrogen and oxygen atoms in total. The van der Waals surface area contributed by atoms with Crippen LogP contribution >= 0.6 is 0 Å². The summed E-state index contributed by atoms with van der Waals surface area (Å²) in [6.45, 7) is 2.09. The van der Waals surface area contributed by atoms with E-state index in [9.17, 15) is 25.0 Å². The number of piperazine rings is 1. The van der Waals surface area contributed by atoms with Crippen LogP contribution in [-0.4, -0.2) is 47.4 Å². The maximum absolute atomic E-state index is 11.5. The van der Waals surface area contributed by atoms with Crippen LogP contribution in [0, 0.1) is 20.2 Å². The maximum atomic E-state index is 11.5. The van der Waals surface area contributed by atoms with Gasteiger partial charge in [0, 0.05) is 44.0 Å². The number of nitro benzene ring substituents is 2.